The fraction of sp³-hybridized carbons (Fsp3) is 0.280. The summed E-state index contributed by atoms with van der Waals surface area (Å²) < 4.78 is 16.2. The molecule has 1 fully saturated rings. The van der Waals surface area contributed by atoms with Crippen LogP contribution in [0.4, 0.5) is 0 Å². The Morgan fingerprint density at radius 2 is 1.58 bits per heavy atom. The number of β-lactam (4-membered cyclic amide) rings is 1. The quantitative estimate of drug-likeness (QED) is 0.248. The molecule has 1 saturated heterocycles. The van der Waals surface area contributed by atoms with Gasteiger partial charge in [-0.2, -0.15) is 0 Å². The van der Waals surface area contributed by atoms with Crippen LogP contribution in [0, 0.1) is 0 Å². The average molecular weight is 533 g/mol. The Labute approximate surface area is 218 Å². The lowest BCUT2D eigenvalue weighted by molar-refractivity contribution is -0.194. The average Bonchev–Trinajstić information content (AvgIpc) is 2.85. The fourth-order valence-corrected chi connectivity index (χ4v) is 5.31. The molecule has 0 unspecified atom stereocenters. The lowest BCUT2D eigenvalue weighted by Crippen LogP contribution is -2.79. The molecule has 36 heavy (non-hydrogen) atoms. The fourth-order valence-electron chi connectivity index (χ4n) is 3.98. The number of carbonyl (C=O) groups excluding carboxylic acids is 4. The summed E-state index contributed by atoms with van der Waals surface area (Å²) >= 11 is 1.20. The number of nitrogens with zero attached hydrogens (tertiary/aromatic N) is 1. The molecule has 9 nitrogen and oxygen atoms in total. The van der Waals surface area contributed by atoms with Gasteiger partial charge in [0.2, 0.25) is 0 Å². The molecule has 0 aromatic heterocycles. The molecule has 0 aliphatic carbocycles. The van der Waals surface area contributed by atoms with Gasteiger partial charge in [0.15, 0.2) is 6.10 Å². The smallest absolute Gasteiger partial charge is 0.356 e. The van der Waals surface area contributed by atoms with E-state index in [0.29, 0.717) is 5.57 Å². The SMILES string of the molecule is CC(=O)OCC1=C(C(=O)OC(c2ccccc2)c2ccccc2)N2C(=O)[C@@](N)(OC(C)=O)[C@H]2SC1.Cl. The van der Waals surface area contributed by atoms with Crippen molar-refractivity contribution < 1.29 is 33.4 Å². The number of hydrogen-bond donors (Lipinski definition) is 1. The van der Waals surface area contributed by atoms with Crippen LogP contribution >= 0.6 is 24.2 Å². The van der Waals surface area contributed by atoms with E-state index in [1.165, 1.54) is 18.7 Å². The second-order valence-electron chi connectivity index (χ2n) is 8.06. The van der Waals surface area contributed by atoms with Gasteiger partial charge in [-0.15, -0.1) is 24.2 Å². The summed E-state index contributed by atoms with van der Waals surface area (Å²) in [5.41, 5.74) is 6.00. The maximum Gasteiger partial charge on any atom is 0.356 e. The third-order valence-corrected chi connectivity index (χ3v) is 6.92. The highest BCUT2D eigenvalue weighted by Crippen LogP contribution is 2.46. The van der Waals surface area contributed by atoms with E-state index in [1.54, 1.807) is 0 Å². The first-order chi connectivity index (χ1) is 16.7. The Kier molecular flexibility index (Phi) is 8.44. The van der Waals surface area contributed by atoms with Crippen molar-refractivity contribution in [2.24, 2.45) is 5.73 Å². The highest BCUT2D eigenvalue weighted by Gasteiger charge is 2.65. The normalized spacial score (nSPS) is 20.6. The van der Waals surface area contributed by atoms with Crippen molar-refractivity contribution in [1.29, 1.82) is 0 Å². The van der Waals surface area contributed by atoms with Crippen molar-refractivity contribution in [2.75, 3.05) is 12.4 Å². The van der Waals surface area contributed by atoms with Crippen LogP contribution in [-0.2, 0) is 33.4 Å². The minimum Gasteiger partial charge on any atom is -0.461 e. The maximum atomic E-state index is 13.6. The Bertz CT molecular complexity index is 1150. The van der Waals surface area contributed by atoms with Crippen molar-refractivity contribution in [2.45, 2.75) is 31.1 Å². The van der Waals surface area contributed by atoms with E-state index in [-0.39, 0.29) is 30.5 Å². The number of fused-ring (bicyclic) bond motifs is 1. The molecular formula is C25H25ClN2O7S. The van der Waals surface area contributed by atoms with Crippen LogP contribution in [0.3, 0.4) is 0 Å². The van der Waals surface area contributed by atoms with Crippen molar-refractivity contribution in [3.63, 3.8) is 0 Å². The lowest BCUT2D eigenvalue weighted by Gasteiger charge is -2.53. The standard InChI is InChI=1S/C25H24N2O7S.ClH/c1-15(28)32-13-19-14-35-24-25(26,34-16(2)29)23(31)27(24)20(19)22(30)33-21(17-9-5-3-6-10-17)18-11-7-4-8-12-18;/h3-12,21,24H,13-14,26H2,1-2H3;1H/t24-,25-;/m1./s1. The van der Waals surface area contributed by atoms with E-state index in [9.17, 15) is 19.2 Å². The van der Waals surface area contributed by atoms with E-state index in [1.807, 2.05) is 60.7 Å². The zero-order valence-corrected chi connectivity index (χ0v) is 21.2. The highest BCUT2D eigenvalue weighted by atomic mass is 35.5. The number of ether oxygens (including phenoxy) is 3. The number of hydrogen-bond acceptors (Lipinski definition) is 9. The van der Waals surface area contributed by atoms with Gasteiger partial charge in [0.05, 0.1) is 0 Å². The van der Waals surface area contributed by atoms with Gasteiger partial charge < -0.3 is 14.2 Å². The summed E-state index contributed by atoms with van der Waals surface area (Å²) in [7, 11) is 0. The molecule has 4 rings (SSSR count). The van der Waals surface area contributed by atoms with Crippen molar-refractivity contribution >= 4 is 48.0 Å². The highest BCUT2D eigenvalue weighted by molar-refractivity contribution is 8.00. The minimum absolute atomic E-state index is 0. The number of benzene rings is 2. The van der Waals surface area contributed by atoms with Gasteiger partial charge in [-0.3, -0.25) is 25.0 Å². The first kappa shape index (κ1) is 27.3. The molecule has 0 radical (unpaired) electrons. The third kappa shape index (κ3) is 5.25. The third-order valence-electron chi connectivity index (χ3n) is 5.53. The van der Waals surface area contributed by atoms with E-state index in [0.717, 1.165) is 23.0 Å². The molecule has 2 aliphatic rings. The monoisotopic (exact) mass is 532 g/mol. The van der Waals surface area contributed by atoms with E-state index in [4.69, 9.17) is 19.9 Å². The number of halogens is 1. The molecule has 190 valence electrons. The Balaban J connectivity index is 0.00000361. The number of nitrogens with two attached hydrogens (primary N) is 1. The summed E-state index contributed by atoms with van der Waals surface area (Å²) in [6, 6.07) is 18.4. The van der Waals surface area contributed by atoms with Gasteiger partial charge in [0.1, 0.15) is 17.7 Å². The molecule has 1 amide bonds. The second kappa shape index (κ2) is 11.2. The van der Waals surface area contributed by atoms with Crippen LogP contribution in [0.5, 0.6) is 0 Å². The van der Waals surface area contributed by atoms with E-state index < -0.39 is 41.0 Å². The van der Waals surface area contributed by atoms with Crippen molar-refractivity contribution in [1.82, 2.24) is 4.90 Å². The molecule has 2 heterocycles. The lowest BCUT2D eigenvalue weighted by atomic mass is 9.99. The van der Waals surface area contributed by atoms with Crippen LogP contribution in [-0.4, -0.2) is 52.2 Å². The first-order valence-corrected chi connectivity index (χ1v) is 11.9. The van der Waals surface area contributed by atoms with Gasteiger partial charge >= 0.3 is 17.9 Å². The van der Waals surface area contributed by atoms with Crippen molar-refractivity contribution in [3.05, 3.63) is 83.1 Å². The van der Waals surface area contributed by atoms with Gasteiger partial charge in [-0.05, 0) is 11.1 Å². The van der Waals surface area contributed by atoms with Crippen LogP contribution in [0.25, 0.3) is 0 Å². The number of amides is 1. The summed E-state index contributed by atoms with van der Waals surface area (Å²) in [4.78, 5) is 50.8. The maximum absolute atomic E-state index is 13.6. The Morgan fingerprint density at radius 1 is 1.03 bits per heavy atom. The van der Waals surface area contributed by atoms with Gasteiger partial charge in [0.25, 0.3) is 11.6 Å². The Morgan fingerprint density at radius 3 is 2.08 bits per heavy atom. The largest absolute Gasteiger partial charge is 0.461 e. The predicted molar refractivity (Wildman–Crippen MR) is 134 cm³/mol. The topological polar surface area (TPSA) is 125 Å². The van der Waals surface area contributed by atoms with Crippen LogP contribution in [0.1, 0.15) is 31.1 Å². The zero-order chi connectivity index (χ0) is 25.2. The van der Waals surface area contributed by atoms with Gasteiger partial charge in [-0.25, -0.2) is 4.79 Å². The van der Waals surface area contributed by atoms with Gasteiger partial charge in [0, 0.05) is 25.2 Å². The minimum atomic E-state index is -1.90. The van der Waals surface area contributed by atoms with E-state index >= 15 is 0 Å². The van der Waals surface area contributed by atoms with Crippen LogP contribution < -0.4 is 5.73 Å². The molecule has 2 N–H and O–H groups in total. The molecule has 2 atom stereocenters. The molecule has 0 bridgehead atoms. The molecule has 0 saturated carbocycles. The summed E-state index contributed by atoms with van der Waals surface area (Å²) in [6.45, 7) is 2.20. The number of rotatable bonds is 7. The number of esters is 3. The summed E-state index contributed by atoms with van der Waals surface area (Å²) in [5.74, 6) is -2.57. The molecule has 2 aromatic carbocycles. The number of thioether (sulfide) groups is 1. The predicted octanol–water partition coefficient (Wildman–Crippen LogP) is 2.69. The summed E-state index contributed by atoms with van der Waals surface area (Å²) in [5, 5.41) is -0.825. The van der Waals surface area contributed by atoms with Crippen LogP contribution in [0.15, 0.2) is 71.9 Å². The second-order valence-corrected chi connectivity index (χ2v) is 9.13. The molecule has 2 aliphatic heterocycles. The summed E-state index contributed by atoms with van der Waals surface area (Å²) in [6.07, 6.45) is -0.757. The molecule has 2 aromatic rings. The van der Waals surface area contributed by atoms with Crippen molar-refractivity contribution in [3.8, 4) is 0 Å². The number of carbonyl (C=O) groups is 4. The Hall–Kier alpha value is -3.34. The van der Waals surface area contributed by atoms with E-state index in [2.05, 4.69) is 0 Å². The molecule has 11 heteroatoms. The first-order valence-electron chi connectivity index (χ1n) is 10.8. The zero-order valence-electron chi connectivity index (χ0n) is 19.5. The molecular weight excluding hydrogens is 508 g/mol. The molecule has 0 spiro atoms. The van der Waals surface area contributed by atoms with Crippen LogP contribution in [0.2, 0.25) is 0 Å². The van der Waals surface area contributed by atoms with Gasteiger partial charge in [-0.1, -0.05) is 60.7 Å².